The van der Waals surface area contributed by atoms with Gasteiger partial charge in [-0.3, -0.25) is 4.90 Å². The molecule has 2 saturated carbocycles. The molecule has 5 heteroatoms. The third-order valence-corrected chi connectivity index (χ3v) is 4.86. The van der Waals surface area contributed by atoms with E-state index < -0.39 is 0 Å². The molecule has 0 aromatic heterocycles. The minimum atomic E-state index is -0.227. The highest BCUT2D eigenvalue weighted by Crippen LogP contribution is 2.73. The van der Waals surface area contributed by atoms with Crippen LogP contribution in [-0.2, 0) is 9.47 Å². The number of nitriles is 1. The minimum Gasteiger partial charge on any atom is -0.450 e. The molecule has 90 valence electrons. The third-order valence-electron chi connectivity index (χ3n) is 4.86. The summed E-state index contributed by atoms with van der Waals surface area (Å²) in [6, 6.07) is 2.53. The Morgan fingerprint density at radius 3 is 3.18 bits per heavy atom. The maximum absolute atomic E-state index is 11.9. The molecule has 4 unspecified atom stereocenters. The smallest absolute Gasteiger partial charge is 0.410 e. The number of carbonyl (C=O) groups is 1. The van der Waals surface area contributed by atoms with E-state index in [1.807, 2.05) is 11.8 Å². The zero-order valence-corrected chi connectivity index (χ0v) is 9.63. The first-order chi connectivity index (χ1) is 8.25. The Hall–Kier alpha value is -1.28. The Morgan fingerprint density at radius 2 is 2.47 bits per heavy atom. The maximum Gasteiger partial charge on any atom is 0.410 e. The van der Waals surface area contributed by atoms with Crippen LogP contribution in [0.2, 0.25) is 0 Å². The van der Waals surface area contributed by atoms with Crippen LogP contribution >= 0.6 is 0 Å². The molecule has 2 aliphatic heterocycles. The van der Waals surface area contributed by atoms with Crippen molar-refractivity contribution in [3.05, 3.63) is 0 Å². The van der Waals surface area contributed by atoms with E-state index in [0.717, 1.165) is 12.8 Å². The summed E-state index contributed by atoms with van der Waals surface area (Å²) in [7, 11) is 0. The number of carbonyl (C=O) groups excluding carboxylic acids is 1. The average Bonchev–Trinajstić information content (AvgIpc) is 3.17. The van der Waals surface area contributed by atoms with Crippen molar-refractivity contribution in [3.63, 3.8) is 0 Å². The lowest BCUT2D eigenvalue weighted by Crippen LogP contribution is -2.53. The molecule has 1 amide bonds. The molecule has 0 N–H and O–H groups in total. The highest BCUT2D eigenvalue weighted by atomic mass is 16.6. The number of rotatable bonds is 1. The SMILES string of the molecule is CCOC(=O)N1C2CC(C#N)CC3[C@H]4O[C@H]4C321. The predicted molar refractivity (Wildman–Crippen MR) is 55.9 cm³/mol. The van der Waals surface area contributed by atoms with Gasteiger partial charge >= 0.3 is 6.09 Å². The van der Waals surface area contributed by atoms with Crippen molar-refractivity contribution in [3.8, 4) is 6.07 Å². The molecule has 1 spiro atoms. The van der Waals surface area contributed by atoms with Gasteiger partial charge in [0, 0.05) is 11.8 Å². The van der Waals surface area contributed by atoms with E-state index in [4.69, 9.17) is 14.7 Å². The lowest BCUT2D eigenvalue weighted by Gasteiger charge is -2.36. The number of amides is 1. The normalized spacial score (nSPS) is 52.2. The molecule has 0 bridgehead atoms. The highest BCUT2D eigenvalue weighted by Gasteiger charge is 2.90. The Morgan fingerprint density at radius 1 is 1.65 bits per heavy atom. The monoisotopic (exact) mass is 234 g/mol. The van der Waals surface area contributed by atoms with Crippen molar-refractivity contribution in [1.82, 2.24) is 4.90 Å². The molecule has 2 saturated heterocycles. The lowest BCUT2D eigenvalue weighted by molar-refractivity contribution is 0.112. The van der Waals surface area contributed by atoms with E-state index in [0.29, 0.717) is 18.6 Å². The van der Waals surface area contributed by atoms with Gasteiger partial charge in [-0.15, -0.1) is 0 Å². The first-order valence-electron chi connectivity index (χ1n) is 6.26. The van der Waals surface area contributed by atoms with Gasteiger partial charge in [0.25, 0.3) is 0 Å². The summed E-state index contributed by atoms with van der Waals surface area (Å²) < 4.78 is 10.7. The fraction of sp³-hybridized carbons (Fsp3) is 0.833. The van der Waals surface area contributed by atoms with Gasteiger partial charge in [-0.1, -0.05) is 0 Å². The van der Waals surface area contributed by atoms with Gasteiger partial charge in [0.2, 0.25) is 0 Å². The summed E-state index contributed by atoms with van der Waals surface area (Å²) in [6.07, 6.45) is 1.99. The van der Waals surface area contributed by atoms with Gasteiger partial charge in [-0.25, -0.2) is 4.79 Å². The topological polar surface area (TPSA) is 65.6 Å². The molecule has 0 aromatic carbocycles. The molecular formula is C12H14N2O3. The number of epoxide rings is 1. The van der Waals surface area contributed by atoms with E-state index in [1.165, 1.54) is 0 Å². The summed E-state index contributed by atoms with van der Waals surface area (Å²) >= 11 is 0. The van der Waals surface area contributed by atoms with Crippen LogP contribution in [0.25, 0.3) is 0 Å². The average molecular weight is 234 g/mol. The highest BCUT2D eigenvalue weighted by molar-refractivity contribution is 5.76. The third kappa shape index (κ3) is 0.890. The lowest BCUT2D eigenvalue weighted by atomic mass is 9.62. The molecule has 4 fully saturated rings. The number of hydrogen-bond acceptors (Lipinski definition) is 4. The molecule has 0 aromatic rings. The Bertz CT molecular complexity index is 446. The summed E-state index contributed by atoms with van der Waals surface area (Å²) in [5.74, 6) is 0.447. The molecule has 4 rings (SSSR count). The molecule has 2 heterocycles. The van der Waals surface area contributed by atoms with Gasteiger partial charge in [0.15, 0.2) is 0 Å². The molecule has 17 heavy (non-hydrogen) atoms. The van der Waals surface area contributed by atoms with E-state index in [9.17, 15) is 4.79 Å². The van der Waals surface area contributed by atoms with Gasteiger partial charge in [0.1, 0.15) is 11.6 Å². The van der Waals surface area contributed by atoms with Crippen LogP contribution in [0.3, 0.4) is 0 Å². The fourth-order valence-corrected chi connectivity index (χ4v) is 4.16. The van der Waals surface area contributed by atoms with E-state index in [2.05, 4.69) is 6.07 Å². The molecule has 4 aliphatic rings. The van der Waals surface area contributed by atoms with Gasteiger partial charge in [0.05, 0.1) is 24.8 Å². The van der Waals surface area contributed by atoms with Crippen LogP contribution < -0.4 is 0 Å². The Kier molecular flexibility index (Phi) is 1.57. The number of nitrogens with zero attached hydrogens (tertiary/aromatic N) is 2. The number of ether oxygens (including phenoxy) is 2. The van der Waals surface area contributed by atoms with Gasteiger partial charge < -0.3 is 9.47 Å². The van der Waals surface area contributed by atoms with Crippen molar-refractivity contribution in [2.45, 2.75) is 43.6 Å². The standard InChI is InChI=1S/C12H14N2O3/c1-2-16-11(15)14-8-4-6(5-13)3-7-9-10(17-9)12(7,8)14/h6-10H,2-4H2,1H3/t6?,7?,8?,9-,10-,12?,14?/m1/s1. The number of fused-ring (bicyclic) bond motifs is 2. The molecule has 2 aliphatic carbocycles. The summed E-state index contributed by atoms with van der Waals surface area (Å²) in [4.78, 5) is 13.7. The van der Waals surface area contributed by atoms with Gasteiger partial charge in [-0.2, -0.15) is 5.26 Å². The predicted octanol–water partition coefficient (Wildman–Crippen LogP) is 0.897. The van der Waals surface area contributed by atoms with Crippen LogP contribution in [0.5, 0.6) is 0 Å². The van der Waals surface area contributed by atoms with E-state index in [1.54, 1.807) is 0 Å². The molecular weight excluding hydrogens is 220 g/mol. The summed E-state index contributed by atoms with van der Waals surface area (Å²) in [5.41, 5.74) is -0.0791. The van der Waals surface area contributed by atoms with Crippen molar-refractivity contribution in [2.24, 2.45) is 11.8 Å². The van der Waals surface area contributed by atoms with Crippen molar-refractivity contribution < 1.29 is 14.3 Å². The summed E-state index contributed by atoms with van der Waals surface area (Å²) in [5, 5.41) is 9.06. The van der Waals surface area contributed by atoms with Crippen LogP contribution in [0.4, 0.5) is 4.79 Å². The number of likely N-dealkylation sites (tertiary alicyclic amines) is 1. The van der Waals surface area contributed by atoms with Crippen molar-refractivity contribution in [2.75, 3.05) is 6.61 Å². The van der Waals surface area contributed by atoms with E-state index >= 15 is 0 Å². The van der Waals surface area contributed by atoms with Crippen LogP contribution in [0.15, 0.2) is 0 Å². The second-order valence-electron chi connectivity index (χ2n) is 5.40. The fourth-order valence-electron chi connectivity index (χ4n) is 4.16. The first-order valence-corrected chi connectivity index (χ1v) is 6.26. The quantitative estimate of drug-likeness (QED) is 0.632. The Labute approximate surface area is 99.3 Å². The zero-order valence-electron chi connectivity index (χ0n) is 9.63. The zero-order chi connectivity index (χ0) is 11.8. The van der Waals surface area contributed by atoms with Crippen LogP contribution in [0.1, 0.15) is 19.8 Å². The molecule has 5 nitrogen and oxygen atoms in total. The van der Waals surface area contributed by atoms with Gasteiger partial charge in [-0.05, 0) is 19.8 Å². The van der Waals surface area contributed by atoms with Crippen molar-refractivity contribution >= 4 is 6.09 Å². The van der Waals surface area contributed by atoms with Crippen molar-refractivity contribution in [1.29, 1.82) is 5.26 Å². The van der Waals surface area contributed by atoms with Crippen LogP contribution in [0, 0.1) is 23.2 Å². The first kappa shape index (κ1) is 9.72. The summed E-state index contributed by atoms with van der Waals surface area (Å²) in [6.45, 7) is 2.22. The number of hydrogen-bond donors (Lipinski definition) is 0. The second-order valence-corrected chi connectivity index (χ2v) is 5.40. The maximum atomic E-state index is 11.9. The molecule has 6 atom stereocenters. The largest absolute Gasteiger partial charge is 0.450 e. The second kappa shape index (κ2) is 2.75. The minimum absolute atomic E-state index is 0.0719. The van der Waals surface area contributed by atoms with E-state index in [-0.39, 0.29) is 29.7 Å². The Balaban J connectivity index is 1.61. The van der Waals surface area contributed by atoms with Crippen LogP contribution in [-0.4, -0.2) is 41.4 Å². The molecule has 0 radical (unpaired) electrons.